The second-order valence-electron chi connectivity index (χ2n) is 4.36. The fourth-order valence-electron chi connectivity index (χ4n) is 1.70. The van der Waals surface area contributed by atoms with E-state index in [1.165, 1.54) is 13.1 Å². The zero-order chi connectivity index (χ0) is 16.1. The van der Waals surface area contributed by atoms with E-state index in [0.29, 0.717) is 11.4 Å². The van der Waals surface area contributed by atoms with Crippen LogP contribution in [0.3, 0.4) is 0 Å². The van der Waals surface area contributed by atoms with Crippen molar-refractivity contribution < 1.29 is 14.0 Å². The Morgan fingerprint density at radius 3 is 2.14 bits per heavy atom. The largest absolute Gasteiger partial charge is 0.341 e. The summed E-state index contributed by atoms with van der Waals surface area (Å²) >= 11 is 5.83. The summed E-state index contributed by atoms with van der Waals surface area (Å²) in [6.07, 6.45) is 0. The maximum absolute atomic E-state index is 13.0. The number of halogens is 2. The molecule has 0 atom stereocenters. The Morgan fingerprint density at radius 1 is 1.00 bits per heavy atom. The van der Waals surface area contributed by atoms with Gasteiger partial charge in [-0.05, 0) is 42.5 Å². The van der Waals surface area contributed by atoms with E-state index in [4.69, 9.17) is 11.6 Å². The number of nitrogens with one attached hydrogen (secondary N) is 3. The predicted molar refractivity (Wildman–Crippen MR) is 83.9 cm³/mol. The molecule has 3 amide bonds. The van der Waals surface area contributed by atoms with Crippen molar-refractivity contribution in [1.29, 1.82) is 0 Å². The van der Waals surface area contributed by atoms with E-state index >= 15 is 0 Å². The molecule has 0 saturated heterocycles. The summed E-state index contributed by atoms with van der Waals surface area (Å²) in [5.41, 5.74) is 1.28. The number of hydrogen-bond acceptors (Lipinski definition) is 2. The fraction of sp³-hybridized carbons (Fsp3) is 0.0667. The molecule has 7 heteroatoms. The van der Waals surface area contributed by atoms with Crippen molar-refractivity contribution in [1.82, 2.24) is 5.32 Å². The van der Waals surface area contributed by atoms with Gasteiger partial charge in [0.15, 0.2) is 0 Å². The van der Waals surface area contributed by atoms with Crippen LogP contribution in [0.25, 0.3) is 0 Å². The molecule has 0 bridgehead atoms. The molecule has 0 radical (unpaired) electrons. The van der Waals surface area contributed by atoms with Crippen molar-refractivity contribution in [3.8, 4) is 0 Å². The van der Waals surface area contributed by atoms with Crippen LogP contribution in [-0.2, 0) is 0 Å². The van der Waals surface area contributed by atoms with Gasteiger partial charge in [-0.1, -0.05) is 11.6 Å². The number of carbonyl (C=O) groups excluding carboxylic acids is 2. The lowest BCUT2D eigenvalue weighted by Gasteiger charge is -2.08. The van der Waals surface area contributed by atoms with E-state index in [-0.39, 0.29) is 16.6 Å². The third-order valence-electron chi connectivity index (χ3n) is 2.80. The molecule has 3 N–H and O–H groups in total. The van der Waals surface area contributed by atoms with Gasteiger partial charge < -0.3 is 16.0 Å². The zero-order valence-electron chi connectivity index (χ0n) is 11.6. The smallest absolute Gasteiger partial charge is 0.318 e. The van der Waals surface area contributed by atoms with Crippen LogP contribution in [0.15, 0.2) is 42.5 Å². The van der Waals surface area contributed by atoms with Crippen LogP contribution in [-0.4, -0.2) is 19.0 Å². The SMILES string of the molecule is CNC(=O)Nc1ccc(NC(=O)c2ccc(F)cc2Cl)cc1. The summed E-state index contributed by atoms with van der Waals surface area (Å²) in [7, 11) is 1.51. The average molecular weight is 322 g/mol. The molecule has 0 spiro atoms. The lowest BCUT2D eigenvalue weighted by atomic mass is 10.2. The third kappa shape index (κ3) is 3.95. The Kier molecular flexibility index (Phi) is 4.95. The molecule has 2 aromatic rings. The molecule has 0 saturated carbocycles. The van der Waals surface area contributed by atoms with Crippen LogP contribution in [0.5, 0.6) is 0 Å². The van der Waals surface area contributed by atoms with Crippen molar-refractivity contribution in [2.45, 2.75) is 0 Å². The van der Waals surface area contributed by atoms with Gasteiger partial charge >= 0.3 is 6.03 Å². The highest BCUT2D eigenvalue weighted by Gasteiger charge is 2.11. The Balaban J connectivity index is 2.07. The van der Waals surface area contributed by atoms with Gasteiger partial charge in [-0.3, -0.25) is 4.79 Å². The maximum atomic E-state index is 13.0. The number of amides is 3. The number of rotatable bonds is 3. The first kappa shape index (κ1) is 15.8. The molecule has 2 aromatic carbocycles. The van der Waals surface area contributed by atoms with Gasteiger partial charge in [-0.2, -0.15) is 0 Å². The van der Waals surface area contributed by atoms with Crippen molar-refractivity contribution in [3.05, 3.63) is 58.9 Å². The van der Waals surface area contributed by atoms with Crippen LogP contribution in [0.1, 0.15) is 10.4 Å². The topological polar surface area (TPSA) is 70.2 Å². The van der Waals surface area contributed by atoms with Gasteiger partial charge in [0.1, 0.15) is 5.82 Å². The third-order valence-corrected chi connectivity index (χ3v) is 3.12. The molecular formula is C15H13ClFN3O2. The van der Waals surface area contributed by atoms with Gasteiger partial charge in [0.05, 0.1) is 10.6 Å². The number of benzene rings is 2. The van der Waals surface area contributed by atoms with Crippen LogP contribution >= 0.6 is 11.6 Å². The minimum absolute atomic E-state index is 0.0374. The Labute approximate surface area is 131 Å². The molecule has 2 rings (SSSR count). The molecule has 0 aliphatic carbocycles. The number of urea groups is 1. The van der Waals surface area contributed by atoms with Crippen LogP contribution in [0.2, 0.25) is 5.02 Å². The lowest BCUT2D eigenvalue weighted by Crippen LogP contribution is -2.24. The van der Waals surface area contributed by atoms with Gasteiger partial charge in [0.2, 0.25) is 0 Å². The van der Waals surface area contributed by atoms with E-state index in [9.17, 15) is 14.0 Å². The average Bonchev–Trinajstić information content (AvgIpc) is 2.49. The summed E-state index contributed by atoms with van der Waals surface area (Å²) in [4.78, 5) is 23.2. The molecule has 114 valence electrons. The lowest BCUT2D eigenvalue weighted by molar-refractivity contribution is 0.102. The van der Waals surface area contributed by atoms with Crippen molar-refractivity contribution >= 4 is 34.9 Å². The van der Waals surface area contributed by atoms with E-state index in [1.54, 1.807) is 24.3 Å². The highest BCUT2D eigenvalue weighted by molar-refractivity contribution is 6.34. The Hall–Kier alpha value is -2.60. The first-order chi connectivity index (χ1) is 10.5. The summed E-state index contributed by atoms with van der Waals surface area (Å²) in [6, 6.07) is 9.74. The van der Waals surface area contributed by atoms with Crippen molar-refractivity contribution in [2.24, 2.45) is 0 Å². The Bertz CT molecular complexity index is 704. The molecule has 0 aliphatic rings. The summed E-state index contributed by atoms with van der Waals surface area (Å²) in [5.74, 6) is -0.955. The van der Waals surface area contributed by atoms with Crippen LogP contribution in [0.4, 0.5) is 20.6 Å². The van der Waals surface area contributed by atoms with E-state index in [0.717, 1.165) is 12.1 Å². The summed E-state index contributed by atoms with van der Waals surface area (Å²) < 4.78 is 13.0. The molecule has 22 heavy (non-hydrogen) atoms. The zero-order valence-corrected chi connectivity index (χ0v) is 12.4. The number of carbonyl (C=O) groups is 2. The van der Waals surface area contributed by atoms with E-state index in [1.807, 2.05) is 0 Å². The molecule has 0 unspecified atom stereocenters. The minimum atomic E-state index is -0.508. The summed E-state index contributed by atoms with van der Waals surface area (Å²) in [5, 5.41) is 7.70. The highest BCUT2D eigenvalue weighted by atomic mass is 35.5. The number of anilines is 2. The van der Waals surface area contributed by atoms with Crippen LogP contribution in [0, 0.1) is 5.82 Å². The van der Waals surface area contributed by atoms with Gasteiger partial charge in [-0.15, -0.1) is 0 Å². The van der Waals surface area contributed by atoms with Gasteiger partial charge in [0.25, 0.3) is 5.91 Å². The molecule has 5 nitrogen and oxygen atoms in total. The standard InChI is InChI=1S/C15H13ClFN3O2/c1-18-15(22)20-11-5-3-10(4-6-11)19-14(21)12-7-2-9(17)8-13(12)16/h2-8H,1H3,(H,19,21)(H2,18,20,22). The molecule has 0 heterocycles. The molecule has 0 aliphatic heterocycles. The molecule has 0 fully saturated rings. The monoisotopic (exact) mass is 321 g/mol. The fourth-order valence-corrected chi connectivity index (χ4v) is 1.96. The second kappa shape index (κ2) is 6.91. The Morgan fingerprint density at radius 2 is 1.59 bits per heavy atom. The minimum Gasteiger partial charge on any atom is -0.341 e. The van der Waals surface area contributed by atoms with Crippen molar-refractivity contribution in [3.63, 3.8) is 0 Å². The van der Waals surface area contributed by atoms with Crippen LogP contribution < -0.4 is 16.0 Å². The first-order valence-corrected chi connectivity index (χ1v) is 6.72. The van der Waals surface area contributed by atoms with E-state index < -0.39 is 11.7 Å². The van der Waals surface area contributed by atoms with Crippen molar-refractivity contribution in [2.75, 3.05) is 17.7 Å². The first-order valence-electron chi connectivity index (χ1n) is 6.35. The predicted octanol–water partition coefficient (Wildman–Crippen LogP) is 3.48. The maximum Gasteiger partial charge on any atom is 0.318 e. The van der Waals surface area contributed by atoms with Gasteiger partial charge in [0, 0.05) is 18.4 Å². The number of hydrogen-bond donors (Lipinski definition) is 3. The van der Waals surface area contributed by atoms with E-state index in [2.05, 4.69) is 16.0 Å². The second-order valence-corrected chi connectivity index (χ2v) is 4.77. The molecular weight excluding hydrogens is 309 g/mol. The van der Waals surface area contributed by atoms with Gasteiger partial charge in [-0.25, -0.2) is 9.18 Å². The highest BCUT2D eigenvalue weighted by Crippen LogP contribution is 2.20. The molecule has 0 aromatic heterocycles. The quantitative estimate of drug-likeness (QED) is 0.810. The normalized spacial score (nSPS) is 9.95. The summed E-state index contributed by atoms with van der Waals surface area (Å²) in [6.45, 7) is 0.